The number of hydrogen-bond acceptors (Lipinski definition) is 3. The molecule has 0 radical (unpaired) electrons. The fourth-order valence-corrected chi connectivity index (χ4v) is 2.59. The number of aliphatic hydroxyl groups excluding tert-OH is 1. The first-order valence-electron chi connectivity index (χ1n) is 6.38. The van der Waals surface area contributed by atoms with Crippen LogP contribution in [0, 0.1) is 6.92 Å². The summed E-state index contributed by atoms with van der Waals surface area (Å²) in [5.41, 5.74) is 9.47. The molecule has 17 heavy (non-hydrogen) atoms. The van der Waals surface area contributed by atoms with Crippen LogP contribution in [0.25, 0.3) is 0 Å². The van der Waals surface area contributed by atoms with Crippen molar-refractivity contribution in [1.29, 1.82) is 0 Å². The Hall–Kier alpha value is -0.900. The highest BCUT2D eigenvalue weighted by atomic mass is 16.3. The molecule has 0 bridgehead atoms. The molecule has 3 heteroatoms. The third-order valence-corrected chi connectivity index (χ3v) is 3.73. The first-order chi connectivity index (χ1) is 8.24. The van der Waals surface area contributed by atoms with Crippen molar-refractivity contribution in [3.8, 4) is 0 Å². The normalized spacial score (nSPS) is 21.0. The second kappa shape index (κ2) is 5.63. The van der Waals surface area contributed by atoms with Crippen LogP contribution in [0.5, 0.6) is 0 Å². The van der Waals surface area contributed by atoms with Crippen LogP contribution >= 0.6 is 0 Å². The molecule has 1 unspecified atom stereocenters. The van der Waals surface area contributed by atoms with Crippen LogP contribution < -0.4 is 5.73 Å². The van der Waals surface area contributed by atoms with Gasteiger partial charge < -0.3 is 10.8 Å². The Balaban J connectivity index is 2.08. The van der Waals surface area contributed by atoms with E-state index in [0.717, 1.165) is 19.5 Å². The van der Waals surface area contributed by atoms with Crippen molar-refractivity contribution in [3.05, 3.63) is 34.9 Å². The van der Waals surface area contributed by atoms with E-state index in [0.29, 0.717) is 12.6 Å². The maximum atomic E-state index is 9.31. The third-order valence-electron chi connectivity index (χ3n) is 3.73. The molecule has 0 aromatic heterocycles. The summed E-state index contributed by atoms with van der Waals surface area (Å²) in [5.74, 6) is 0. The van der Waals surface area contributed by atoms with Gasteiger partial charge in [-0.2, -0.15) is 0 Å². The molecular weight excluding hydrogens is 212 g/mol. The first-order valence-corrected chi connectivity index (χ1v) is 6.38. The number of hydrogen-bond donors (Lipinski definition) is 2. The van der Waals surface area contributed by atoms with Gasteiger partial charge in [0.05, 0.1) is 6.61 Å². The van der Waals surface area contributed by atoms with E-state index >= 15 is 0 Å². The summed E-state index contributed by atoms with van der Waals surface area (Å²) >= 11 is 0. The lowest BCUT2D eigenvalue weighted by Gasteiger charge is -2.23. The van der Waals surface area contributed by atoms with Crippen molar-refractivity contribution in [1.82, 2.24) is 4.90 Å². The lowest BCUT2D eigenvalue weighted by molar-refractivity contribution is 0.153. The van der Waals surface area contributed by atoms with Crippen molar-refractivity contribution in [3.63, 3.8) is 0 Å². The van der Waals surface area contributed by atoms with Crippen molar-refractivity contribution in [2.75, 3.05) is 13.2 Å². The second-order valence-corrected chi connectivity index (χ2v) is 4.91. The highest BCUT2D eigenvalue weighted by Crippen LogP contribution is 2.21. The topological polar surface area (TPSA) is 49.5 Å². The van der Waals surface area contributed by atoms with Gasteiger partial charge in [-0.25, -0.2) is 0 Å². The minimum absolute atomic E-state index is 0.278. The largest absolute Gasteiger partial charge is 0.395 e. The molecule has 1 aromatic carbocycles. The molecule has 0 amide bonds. The monoisotopic (exact) mass is 234 g/mol. The third kappa shape index (κ3) is 2.86. The zero-order valence-corrected chi connectivity index (χ0v) is 10.5. The quantitative estimate of drug-likeness (QED) is 0.828. The predicted octanol–water partition coefficient (Wildman–Crippen LogP) is 1.41. The van der Waals surface area contributed by atoms with Gasteiger partial charge in [0.25, 0.3) is 0 Å². The van der Waals surface area contributed by atoms with E-state index in [2.05, 4.69) is 30.0 Å². The van der Waals surface area contributed by atoms with E-state index in [1.165, 1.54) is 23.1 Å². The summed E-state index contributed by atoms with van der Waals surface area (Å²) in [5, 5.41) is 9.31. The van der Waals surface area contributed by atoms with Crippen molar-refractivity contribution < 1.29 is 5.11 Å². The first kappa shape index (κ1) is 12.6. The lowest BCUT2D eigenvalue weighted by Crippen LogP contribution is -2.31. The molecule has 1 atom stereocenters. The molecule has 1 aromatic rings. The van der Waals surface area contributed by atoms with Crippen LogP contribution in [0.15, 0.2) is 18.2 Å². The predicted molar refractivity (Wildman–Crippen MR) is 69.6 cm³/mol. The Morgan fingerprint density at radius 2 is 2.29 bits per heavy atom. The minimum atomic E-state index is 0.278. The molecule has 0 saturated carbocycles. The Morgan fingerprint density at radius 3 is 2.94 bits per heavy atom. The smallest absolute Gasteiger partial charge is 0.0587 e. The number of nitrogens with two attached hydrogens (primary N) is 1. The van der Waals surface area contributed by atoms with E-state index in [9.17, 15) is 5.11 Å². The molecule has 1 heterocycles. The molecule has 1 aliphatic heterocycles. The fraction of sp³-hybridized carbons (Fsp3) is 0.571. The van der Waals surface area contributed by atoms with Gasteiger partial charge in [-0.3, -0.25) is 4.90 Å². The van der Waals surface area contributed by atoms with Gasteiger partial charge in [-0.1, -0.05) is 18.2 Å². The standard InChI is InChI=1S/C14H22N2O/c1-11-7-12(8-15)4-5-13(11)9-16-6-2-3-14(16)10-17/h4-5,7,14,17H,2-3,6,8-10,15H2,1H3. The summed E-state index contributed by atoms with van der Waals surface area (Å²) in [7, 11) is 0. The lowest BCUT2D eigenvalue weighted by atomic mass is 10.0. The second-order valence-electron chi connectivity index (χ2n) is 4.91. The number of benzene rings is 1. The molecule has 0 aliphatic carbocycles. The van der Waals surface area contributed by atoms with Gasteiger partial charge in [0, 0.05) is 19.1 Å². The Morgan fingerprint density at radius 1 is 1.47 bits per heavy atom. The van der Waals surface area contributed by atoms with Crippen LogP contribution in [0.2, 0.25) is 0 Å². The number of aliphatic hydroxyl groups is 1. The molecule has 1 aliphatic rings. The summed E-state index contributed by atoms with van der Waals surface area (Å²) in [6, 6.07) is 6.79. The van der Waals surface area contributed by atoms with E-state index < -0.39 is 0 Å². The van der Waals surface area contributed by atoms with Crippen LogP contribution in [-0.2, 0) is 13.1 Å². The molecule has 1 saturated heterocycles. The summed E-state index contributed by atoms with van der Waals surface area (Å²) in [6.45, 7) is 5.06. The zero-order chi connectivity index (χ0) is 12.3. The zero-order valence-electron chi connectivity index (χ0n) is 10.5. The van der Waals surface area contributed by atoms with E-state index in [1.807, 2.05) is 0 Å². The van der Waals surface area contributed by atoms with E-state index in [1.54, 1.807) is 0 Å². The Labute approximate surface area is 103 Å². The fourth-order valence-electron chi connectivity index (χ4n) is 2.59. The van der Waals surface area contributed by atoms with E-state index in [-0.39, 0.29) is 6.61 Å². The van der Waals surface area contributed by atoms with Crippen LogP contribution in [0.3, 0.4) is 0 Å². The average Bonchev–Trinajstić information content (AvgIpc) is 2.79. The molecule has 3 N–H and O–H groups in total. The maximum absolute atomic E-state index is 9.31. The Kier molecular flexibility index (Phi) is 4.15. The van der Waals surface area contributed by atoms with Crippen molar-refractivity contribution >= 4 is 0 Å². The highest BCUT2D eigenvalue weighted by Gasteiger charge is 2.23. The van der Waals surface area contributed by atoms with Crippen LogP contribution in [0.4, 0.5) is 0 Å². The molecular formula is C14H22N2O. The van der Waals surface area contributed by atoms with Gasteiger partial charge in [-0.15, -0.1) is 0 Å². The summed E-state index contributed by atoms with van der Waals surface area (Å²) in [6.07, 6.45) is 2.32. The summed E-state index contributed by atoms with van der Waals surface area (Å²) < 4.78 is 0. The van der Waals surface area contributed by atoms with Crippen LogP contribution in [0.1, 0.15) is 29.5 Å². The molecule has 94 valence electrons. The number of likely N-dealkylation sites (tertiary alicyclic amines) is 1. The van der Waals surface area contributed by atoms with Crippen molar-refractivity contribution in [2.45, 2.75) is 38.9 Å². The summed E-state index contributed by atoms with van der Waals surface area (Å²) in [4.78, 5) is 2.38. The number of nitrogens with zero attached hydrogens (tertiary/aromatic N) is 1. The highest BCUT2D eigenvalue weighted by molar-refractivity contribution is 5.31. The molecule has 0 spiro atoms. The molecule has 3 nitrogen and oxygen atoms in total. The Bertz CT molecular complexity index is 378. The van der Waals surface area contributed by atoms with Gasteiger partial charge in [0.15, 0.2) is 0 Å². The SMILES string of the molecule is Cc1cc(CN)ccc1CN1CCCC1CO. The van der Waals surface area contributed by atoms with Gasteiger partial charge in [0.2, 0.25) is 0 Å². The maximum Gasteiger partial charge on any atom is 0.0587 e. The van der Waals surface area contributed by atoms with Gasteiger partial charge in [0.1, 0.15) is 0 Å². The molecule has 1 fully saturated rings. The van der Waals surface area contributed by atoms with Gasteiger partial charge >= 0.3 is 0 Å². The number of rotatable bonds is 4. The average molecular weight is 234 g/mol. The van der Waals surface area contributed by atoms with Crippen LogP contribution in [-0.4, -0.2) is 29.2 Å². The minimum Gasteiger partial charge on any atom is -0.395 e. The van der Waals surface area contributed by atoms with Gasteiger partial charge in [-0.05, 0) is 43.0 Å². The van der Waals surface area contributed by atoms with E-state index in [4.69, 9.17) is 5.73 Å². The molecule has 2 rings (SSSR count). The van der Waals surface area contributed by atoms with Crippen molar-refractivity contribution in [2.24, 2.45) is 5.73 Å². The number of aryl methyl sites for hydroxylation is 1.